The van der Waals surface area contributed by atoms with Gasteiger partial charge in [-0.2, -0.15) is 0 Å². The number of rotatable bonds is 1. The van der Waals surface area contributed by atoms with E-state index < -0.39 is 0 Å². The normalized spacial score (nSPS) is 14.6. The SMILES string of the molecule is NCC1=COc2cccnc2C1. The summed E-state index contributed by atoms with van der Waals surface area (Å²) in [5.74, 6) is 0.842. The molecule has 3 heteroatoms. The molecule has 0 atom stereocenters. The average Bonchev–Trinajstić information content (AvgIpc) is 2.17. The van der Waals surface area contributed by atoms with Gasteiger partial charge in [0.1, 0.15) is 5.75 Å². The molecule has 0 spiro atoms. The first-order valence-electron chi connectivity index (χ1n) is 3.88. The zero-order chi connectivity index (χ0) is 8.39. The van der Waals surface area contributed by atoms with E-state index in [1.807, 2.05) is 12.1 Å². The Labute approximate surface area is 70.9 Å². The summed E-state index contributed by atoms with van der Waals surface area (Å²) in [5.41, 5.74) is 7.54. The number of nitrogens with two attached hydrogens (primary N) is 1. The van der Waals surface area contributed by atoms with Crippen molar-refractivity contribution < 1.29 is 4.74 Å². The Morgan fingerprint density at radius 1 is 1.58 bits per heavy atom. The van der Waals surface area contributed by atoms with Crippen molar-refractivity contribution in [2.75, 3.05) is 6.54 Å². The minimum atomic E-state index is 0.538. The molecule has 3 nitrogen and oxygen atoms in total. The second-order valence-electron chi connectivity index (χ2n) is 2.72. The largest absolute Gasteiger partial charge is 0.463 e. The fraction of sp³-hybridized carbons (Fsp3) is 0.222. The van der Waals surface area contributed by atoms with Gasteiger partial charge in [-0.1, -0.05) is 0 Å². The van der Waals surface area contributed by atoms with Crippen LogP contribution in [0.25, 0.3) is 0 Å². The molecule has 1 aromatic heterocycles. The Kier molecular flexibility index (Phi) is 1.80. The molecule has 1 aliphatic heterocycles. The van der Waals surface area contributed by atoms with Crippen molar-refractivity contribution in [2.45, 2.75) is 6.42 Å². The molecular weight excluding hydrogens is 152 g/mol. The summed E-state index contributed by atoms with van der Waals surface area (Å²) in [6.45, 7) is 0.538. The van der Waals surface area contributed by atoms with Gasteiger partial charge >= 0.3 is 0 Å². The molecule has 0 saturated heterocycles. The van der Waals surface area contributed by atoms with Gasteiger partial charge in [0.05, 0.1) is 12.0 Å². The maximum absolute atomic E-state index is 5.48. The Hall–Kier alpha value is -1.35. The molecule has 62 valence electrons. The summed E-state index contributed by atoms with van der Waals surface area (Å²) < 4.78 is 5.32. The molecule has 0 unspecified atom stereocenters. The van der Waals surface area contributed by atoms with Crippen LogP contribution in [0, 0.1) is 0 Å². The van der Waals surface area contributed by atoms with Crippen LogP contribution in [-0.4, -0.2) is 11.5 Å². The monoisotopic (exact) mass is 162 g/mol. The second kappa shape index (κ2) is 2.95. The maximum atomic E-state index is 5.48. The molecule has 0 saturated carbocycles. The summed E-state index contributed by atoms with van der Waals surface area (Å²) >= 11 is 0. The molecule has 0 radical (unpaired) electrons. The standard InChI is InChI=1S/C9H10N2O/c10-5-7-4-8-9(12-6-7)2-1-3-11-8/h1-3,6H,4-5,10H2. The van der Waals surface area contributed by atoms with Crippen LogP contribution in [0.1, 0.15) is 5.69 Å². The Morgan fingerprint density at radius 3 is 3.33 bits per heavy atom. The van der Waals surface area contributed by atoms with Gasteiger partial charge in [-0.3, -0.25) is 4.98 Å². The minimum absolute atomic E-state index is 0.538. The van der Waals surface area contributed by atoms with Gasteiger partial charge in [-0.15, -0.1) is 0 Å². The molecule has 0 fully saturated rings. The van der Waals surface area contributed by atoms with E-state index in [0.29, 0.717) is 6.54 Å². The summed E-state index contributed by atoms with van der Waals surface area (Å²) in [5, 5.41) is 0. The zero-order valence-electron chi connectivity index (χ0n) is 6.66. The first-order valence-corrected chi connectivity index (χ1v) is 3.88. The van der Waals surface area contributed by atoms with Gasteiger partial charge in [0, 0.05) is 19.2 Å². The third-order valence-corrected chi connectivity index (χ3v) is 1.86. The molecule has 1 aromatic rings. The summed E-state index contributed by atoms with van der Waals surface area (Å²) in [6.07, 6.45) is 4.29. The lowest BCUT2D eigenvalue weighted by Gasteiger charge is -2.14. The lowest BCUT2D eigenvalue weighted by atomic mass is 10.1. The first kappa shape index (κ1) is 7.31. The maximum Gasteiger partial charge on any atom is 0.148 e. The fourth-order valence-corrected chi connectivity index (χ4v) is 1.19. The third kappa shape index (κ3) is 1.19. The van der Waals surface area contributed by atoms with Crippen molar-refractivity contribution in [3.05, 3.63) is 35.9 Å². The van der Waals surface area contributed by atoms with Crippen molar-refractivity contribution in [1.82, 2.24) is 4.98 Å². The van der Waals surface area contributed by atoms with Gasteiger partial charge in [0.25, 0.3) is 0 Å². The predicted molar refractivity (Wildman–Crippen MR) is 45.7 cm³/mol. The van der Waals surface area contributed by atoms with Gasteiger partial charge in [-0.05, 0) is 17.7 Å². The van der Waals surface area contributed by atoms with Crippen LogP contribution in [-0.2, 0) is 6.42 Å². The summed E-state index contributed by atoms with van der Waals surface area (Å²) in [7, 11) is 0. The smallest absolute Gasteiger partial charge is 0.148 e. The van der Waals surface area contributed by atoms with E-state index in [1.54, 1.807) is 12.5 Å². The van der Waals surface area contributed by atoms with Crippen molar-refractivity contribution in [2.24, 2.45) is 5.73 Å². The number of ether oxygens (including phenoxy) is 1. The van der Waals surface area contributed by atoms with Crippen molar-refractivity contribution >= 4 is 0 Å². The molecule has 0 aliphatic carbocycles. The summed E-state index contributed by atoms with van der Waals surface area (Å²) in [6, 6.07) is 3.77. The van der Waals surface area contributed by atoms with Crippen LogP contribution in [0.5, 0.6) is 5.75 Å². The molecule has 2 heterocycles. The quantitative estimate of drug-likeness (QED) is 0.666. The molecule has 0 bridgehead atoms. The van der Waals surface area contributed by atoms with Crippen LogP contribution >= 0.6 is 0 Å². The lowest BCUT2D eigenvalue weighted by Crippen LogP contribution is -2.12. The molecule has 0 aromatic carbocycles. The number of hydrogen-bond acceptors (Lipinski definition) is 3. The van der Waals surface area contributed by atoms with E-state index in [9.17, 15) is 0 Å². The average molecular weight is 162 g/mol. The van der Waals surface area contributed by atoms with Crippen LogP contribution in [0.2, 0.25) is 0 Å². The summed E-state index contributed by atoms with van der Waals surface area (Å²) in [4.78, 5) is 4.20. The Morgan fingerprint density at radius 2 is 2.50 bits per heavy atom. The number of hydrogen-bond donors (Lipinski definition) is 1. The highest BCUT2D eigenvalue weighted by atomic mass is 16.5. The molecule has 2 rings (SSSR count). The first-order chi connectivity index (χ1) is 5.90. The molecule has 1 aliphatic rings. The van der Waals surface area contributed by atoms with Crippen molar-refractivity contribution in [3.63, 3.8) is 0 Å². The lowest BCUT2D eigenvalue weighted by molar-refractivity contribution is 0.450. The van der Waals surface area contributed by atoms with Crippen LogP contribution in [0.4, 0.5) is 0 Å². The Bertz CT molecular complexity index is 320. The van der Waals surface area contributed by atoms with E-state index in [0.717, 1.165) is 23.4 Å². The van der Waals surface area contributed by atoms with Crippen molar-refractivity contribution in [3.8, 4) is 5.75 Å². The number of aromatic nitrogens is 1. The molecule has 2 N–H and O–H groups in total. The zero-order valence-corrected chi connectivity index (χ0v) is 6.66. The Balaban J connectivity index is 2.31. The van der Waals surface area contributed by atoms with E-state index >= 15 is 0 Å². The number of fused-ring (bicyclic) bond motifs is 1. The van der Waals surface area contributed by atoms with E-state index in [1.165, 1.54) is 0 Å². The fourth-order valence-electron chi connectivity index (χ4n) is 1.19. The molecule has 0 amide bonds. The second-order valence-corrected chi connectivity index (χ2v) is 2.72. The predicted octanol–water partition coefficient (Wildman–Crippen LogP) is 0.859. The van der Waals surface area contributed by atoms with Crippen LogP contribution in [0.3, 0.4) is 0 Å². The van der Waals surface area contributed by atoms with Crippen molar-refractivity contribution in [1.29, 1.82) is 0 Å². The third-order valence-electron chi connectivity index (χ3n) is 1.86. The highest BCUT2D eigenvalue weighted by molar-refractivity contribution is 5.34. The van der Waals surface area contributed by atoms with Gasteiger partial charge in [0.15, 0.2) is 0 Å². The number of pyridine rings is 1. The topological polar surface area (TPSA) is 48.1 Å². The minimum Gasteiger partial charge on any atom is -0.463 e. The van der Waals surface area contributed by atoms with E-state index in [2.05, 4.69) is 4.98 Å². The van der Waals surface area contributed by atoms with E-state index in [-0.39, 0.29) is 0 Å². The highest BCUT2D eigenvalue weighted by Crippen LogP contribution is 2.22. The molecule has 12 heavy (non-hydrogen) atoms. The van der Waals surface area contributed by atoms with Crippen LogP contribution in [0.15, 0.2) is 30.2 Å². The van der Waals surface area contributed by atoms with Crippen LogP contribution < -0.4 is 10.5 Å². The van der Waals surface area contributed by atoms with Gasteiger partial charge in [0.2, 0.25) is 0 Å². The molecular formula is C9H10N2O. The highest BCUT2D eigenvalue weighted by Gasteiger charge is 2.11. The van der Waals surface area contributed by atoms with Gasteiger partial charge in [-0.25, -0.2) is 0 Å². The van der Waals surface area contributed by atoms with Gasteiger partial charge < -0.3 is 10.5 Å². The number of nitrogens with zero attached hydrogens (tertiary/aromatic N) is 1. The van der Waals surface area contributed by atoms with E-state index in [4.69, 9.17) is 10.5 Å².